The molecule has 1 aromatic heterocycles. The largest absolute Gasteiger partial charge is 0.465 e. The van der Waals surface area contributed by atoms with Crippen LogP contribution in [0.5, 0.6) is 6.01 Å². The first kappa shape index (κ1) is 26.8. The third kappa shape index (κ3) is 8.12. The molecule has 1 unspecified atom stereocenters. The zero-order valence-electron chi connectivity index (χ0n) is 20.4. The normalized spacial score (nSPS) is 16.4. The molecule has 1 aliphatic heterocycles. The molecule has 10 heteroatoms. The van der Waals surface area contributed by atoms with Gasteiger partial charge in [0, 0.05) is 13.7 Å². The van der Waals surface area contributed by atoms with Crippen LogP contribution in [0, 0.1) is 0 Å². The van der Waals surface area contributed by atoms with Gasteiger partial charge >= 0.3 is 12.0 Å². The van der Waals surface area contributed by atoms with Gasteiger partial charge < -0.3 is 24.8 Å². The number of methoxy groups -OCH3 is 1. The number of aliphatic imine (C=N–C) groups is 1. The van der Waals surface area contributed by atoms with E-state index in [4.69, 9.17) is 19.9 Å². The fourth-order valence-electron chi connectivity index (χ4n) is 3.95. The van der Waals surface area contributed by atoms with Crippen LogP contribution in [-0.4, -0.2) is 80.3 Å². The van der Waals surface area contributed by atoms with Crippen LogP contribution in [0.15, 0.2) is 4.99 Å². The smallest absolute Gasteiger partial charge is 0.323 e. The summed E-state index contributed by atoms with van der Waals surface area (Å²) in [4.78, 5) is 29.3. The molecule has 1 atom stereocenters. The number of rotatable bonds is 15. The molecule has 0 bridgehead atoms. The van der Waals surface area contributed by atoms with Crippen LogP contribution in [0.25, 0.3) is 0 Å². The Bertz CT molecular complexity index is 748. The van der Waals surface area contributed by atoms with Gasteiger partial charge in [-0.15, -0.1) is 0 Å². The zero-order chi connectivity index (χ0) is 24.1. The van der Waals surface area contributed by atoms with E-state index in [0.717, 1.165) is 58.0 Å². The molecule has 33 heavy (non-hydrogen) atoms. The Morgan fingerprint density at radius 3 is 2.79 bits per heavy atom. The van der Waals surface area contributed by atoms with Crippen LogP contribution in [0.2, 0.25) is 0 Å². The number of hydrogen-bond donors (Lipinski definition) is 1. The van der Waals surface area contributed by atoms with E-state index in [1.165, 1.54) is 0 Å². The highest BCUT2D eigenvalue weighted by Gasteiger charge is 2.29. The molecule has 1 fully saturated rings. The highest BCUT2D eigenvalue weighted by molar-refractivity contribution is 5.76. The predicted molar refractivity (Wildman–Crippen MR) is 130 cm³/mol. The molecule has 0 saturated carbocycles. The van der Waals surface area contributed by atoms with Crippen LogP contribution in [0.4, 0.5) is 17.3 Å². The Kier molecular flexibility index (Phi) is 11.9. The molecule has 2 rings (SSSR count). The van der Waals surface area contributed by atoms with Crippen LogP contribution in [-0.2, 0) is 14.3 Å². The molecule has 2 heterocycles. The van der Waals surface area contributed by atoms with Crippen molar-refractivity contribution in [3.63, 3.8) is 0 Å². The lowest BCUT2D eigenvalue weighted by Gasteiger charge is -2.34. The van der Waals surface area contributed by atoms with Crippen LogP contribution >= 0.6 is 0 Å². The summed E-state index contributed by atoms with van der Waals surface area (Å²) in [5, 5.41) is 0. The number of nitrogen functional groups attached to an aromatic ring is 1. The van der Waals surface area contributed by atoms with Gasteiger partial charge in [0.15, 0.2) is 11.6 Å². The maximum Gasteiger partial charge on any atom is 0.323 e. The number of carbonyl (C=O) groups excluding carboxylic acids is 1. The monoisotopic (exact) mass is 464 g/mol. The summed E-state index contributed by atoms with van der Waals surface area (Å²) < 4.78 is 16.4. The molecule has 0 amide bonds. The van der Waals surface area contributed by atoms with Crippen molar-refractivity contribution in [1.82, 2.24) is 14.9 Å². The van der Waals surface area contributed by atoms with Crippen molar-refractivity contribution in [1.29, 1.82) is 0 Å². The van der Waals surface area contributed by atoms with E-state index in [1.54, 1.807) is 7.11 Å². The SMILES string of the molecule is C=Nc1c(N)nc(OCCCC)nc1N(CCCCN1CCCCC1C(=O)OCC)COC. The minimum absolute atomic E-state index is 0.105. The molecule has 1 aromatic rings. The molecule has 0 aliphatic carbocycles. The molecule has 186 valence electrons. The molecule has 0 radical (unpaired) electrons. The number of anilines is 2. The van der Waals surface area contributed by atoms with Crippen molar-refractivity contribution in [2.45, 2.75) is 64.8 Å². The molecule has 1 saturated heterocycles. The number of unbranched alkanes of at least 4 members (excludes halogenated alkanes) is 2. The minimum atomic E-state index is -0.130. The number of esters is 1. The second-order valence-corrected chi connectivity index (χ2v) is 8.11. The average molecular weight is 465 g/mol. The van der Waals surface area contributed by atoms with Gasteiger partial charge in [-0.2, -0.15) is 9.97 Å². The summed E-state index contributed by atoms with van der Waals surface area (Å²) in [6.07, 6.45) is 6.76. The average Bonchev–Trinajstić information content (AvgIpc) is 2.81. The first-order valence-corrected chi connectivity index (χ1v) is 12.0. The maximum absolute atomic E-state index is 12.3. The number of aromatic nitrogens is 2. The first-order chi connectivity index (χ1) is 16.0. The van der Waals surface area contributed by atoms with Gasteiger partial charge in [-0.05, 0) is 58.8 Å². The van der Waals surface area contributed by atoms with Gasteiger partial charge in [-0.25, -0.2) is 0 Å². The minimum Gasteiger partial charge on any atom is -0.465 e. The Labute approximate surface area is 197 Å². The molecule has 2 N–H and O–H groups in total. The second-order valence-electron chi connectivity index (χ2n) is 8.11. The van der Waals surface area contributed by atoms with Crippen molar-refractivity contribution < 1.29 is 19.0 Å². The van der Waals surface area contributed by atoms with Gasteiger partial charge in [0.2, 0.25) is 0 Å². The summed E-state index contributed by atoms with van der Waals surface area (Å²) in [6.45, 7) is 11.3. The van der Waals surface area contributed by atoms with E-state index in [2.05, 4.69) is 33.5 Å². The molecule has 0 aromatic carbocycles. The summed E-state index contributed by atoms with van der Waals surface area (Å²) in [5.74, 6) is 0.674. The van der Waals surface area contributed by atoms with Gasteiger partial charge in [0.1, 0.15) is 18.5 Å². The Balaban J connectivity index is 2.02. The highest BCUT2D eigenvalue weighted by atomic mass is 16.5. The fraction of sp³-hybridized carbons (Fsp3) is 0.739. The number of nitrogens with two attached hydrogens (primary N) is 1. The van der Waals surface area contributed by atoms with E-state index >= 15 is 0 Å². The van der Waals surface area contributed by atoms with Crippen LogP contribution in [0.1, 0.15) is 58.8 Å². The predicted octanol–water partition coefficient (Wildman–Crippen LogP) is 3.18. The molecule has 0 spiro atoms. The quantitative estimate of drug-likeness (QED) is 0.181. The third-order valence-corrected chi connectivity index (χ3v) is 5.64. The maximum atomic E-state index is 12.3. The number of ether oxygens (including phenoxy) is 3. The Hall–Kier alpha value is -2.46. The van der Waals surface area contributed by atoms with Crippen molar-refractivity contribution >= 4 is 30.0 Å². The van der Waals surface area contributed by atoms with Crippen molar-refractivity contribution in [2.75, 3.05) is 57.3 Å². The standard InChI is InChI=1S/C23H40N6O4/c1-5-7-16-33-23-26-20(24)19(25-3)21(27-23)29(17-31-4)15-11-10-14-28-13-9-8-12-18(28)22(30)32-6-2/h18H,3,5-17H2,1-2,4H3,(H2,24,26,27). The summed E-state index contributed by atoms with van der Waals surface area (Å²) in [7, 11) is 1.63. The fourth-order valence-corrected chi connectivity index (χ4v) is 3.95. The molecule has 10 nitrogen and oxygen atoms in total. The lowest BCUT2D eigenvalue weighted by atomic mass is 10.0. The Morgan fingerprint density at radius 1 is 1.27 bits per heavy atom. The summed E-state index contributed by atoms with van der Waals surface area (Å²) in [6, 6.07) is 0.102. The van der Waals surface area contributed by atoms with Crippen LogP contribution in [0.3, 0.4) is 0 Å². The van der Waals surface area contributed by atoms with E-state index in [-0.39, 0.29) is 23.8 Å². The molecular formula is C23H40N6O4. The van der Waals surface area contributed by atoms with Crippen molar-refractivity contribution in [2.24, 2.45) is 4.99 Å². The van der Waals surface area contributed by atoms with Gasteiger partial charge in [-0.1, -0.05) is 19.8 Å². The first-order valence-electron chi connectivity index (χ1n) is 12.0. The van der Waals surface area contributed by atoms with Gasteiger partial charge in [-0.3, -0.25) is 14.7 Å². The highest BCUT2D eigenvalue weighted by Crippen LogP contribution is 2.33. The Morgan fingerprint density at radius 2 is 2.09 bits per heavy atom. The van der Waals surface area contributed by atoms with Crippen molar-refractivity contribution in [3.05, 3.63) is 0 Å². The van der Waals surface area contributed by atoms with Gasteiger partial charge in [0.05, 0.1) is 13.2 Å². The van der Waals surface area contributed by atoms with Gasteiger partial charge in [0.25, 0.3) is 0 Å². The van der Waals surface area contributed by atoms with E-state index in [0.29, 0.717) is 38.0 Å². The topological polar surface area (TPSA) is 115 Å². The summed E-state index contributed by atoms with van der Waals surface area (Å²) >= 11 is 0. The van der Waals surface area contributed by atoms with E-state index in [9.17, 15) is 4.79 Å². The van der Waals surface area contributed by atoms with Crippen molar-refractivity contribution in [3.8, 4) is 6.01 Å². The number of carbonyl (C=O) groups is 1. The molecular weight excluding hydrogens is 424 g/mol. The number of likely N-dealkylation sites (tertiary alicyclic amines) is 1. The van der Waals surface area contributed by atoms with E-state index < -0.39 is 0 Å². The van der Waals surface area contributed by atoms with E-state index in [1.807, 2.05) is 11.8 Å². The summed E-state index contributed by atoms with van der Waals surface area (Å²) in [5.41, 5.74) is 6.53. The lowest BCUT2D eigenvalue weighted by Crippen LogP contribution is -2.46. The molecule has 1 aliphatic rings. The lowest BCUT2D eigenvalue weighted by molar-refractivity contribution is -0.150. The van der Waals surface area contributed by atoms with Crippen LogP contribution < -0.4 is 15.4 Å². The number of piperidine rings is 1. The third-order valence-electron chi connectivity index (χ3n) is 5.64. The number of nitrogens with zero attached hydrogens (tertiary/aromatic N) is 5. The zero-order valence-corrected chi connectivity index (χ0v) is 20.4. The second kappa shape index (κ2) is 14.6. The number of hydrogen-bond acceptors (Lipinski definition) is 10.